The van der Waals surface area contributed by atoms with Crippen molar-refractivity contribution in [1.29, 1.82) is 0 Å². The van der Waals surface area contributed by atoms with Gasteiger partial charge < -0.3 is 0 Å². The van der Waals surface area contributed by atoms with Crippen LogP contribution >= 0.6 is 0 Å². The molecular weight excluding hydrogens is 330 g/mol. The quantitative estimate of drug-likeness (QED) is 0.336. The minimum atomic E-state index is -0.221. The van der Waals surface area contributed by atoms with E-state index in [1.807, 2.05) is 54.6 Å². The van der Waals surface area contributed by atoms with Crippen molar-refractivity contribution in [1.82, 2.24) is 20.0 Å². The summed E-state index contributed by atoms with van der Waals surface area (Å²) < 4.78 is 1.36. The fourth-order valence-electron chi connectivity index (χ4n) is 2.98. The van der Waals surface area contributed by atoms with Gasteiger partial charge in [0.05, 0.1) is 16.6 Å². The summed E-state index contributed by atoms with van der Waals surface area (Å²) >= 11 is 0. The number of nitrogens with one attached hydrogen (secondary N) is 2. The molecule has 2 aromatic carbocycles. The van der Waals surface area contributed by atoms with E-state index in [-0.39, 0.29) is 11.5 Å². The number of amides is 1. The average molecular weight is 345 g/mol. The lowest BCUT2D eigenvalue weighted by atomic mass is 10.0. The zero-order valence-corrected chi connectivity index (χ0v) is 13.9. The van der Waals surface area contributed by atoms with Gasteiger partial charge >= 0.3 is 0 Å². The number of aromatic nitrogens is 3. The van der Waals surface area contributed by atoms with Crippen LogP contribution in [0.25, 0.3) is 33.1 Å². The Morgan fingerprint density at radius 1 is 1.00 bits per heavy atom. The lowest BCUT2D eigenvalue weighted by molar-refractivity contribution is -0.109. The highest BCUT2D eigenvalue weighted by molar-refractivity contribution is 6.09. The van der Waals surface area contributed by atoms with Gasteiger partial charge in [-0.3, -0.25) is 25.0 Å². The maximum atomic E-state index is 13.0. The van der Waals surface area contributed by atoms with Crippen LogP contribution in [0.2, 0.25) is 0 Å². The Bertz CT molecular complexity index is 1190. The third-order valence-electron chi connectivity index (χ3n) is 4.21. The van der Waals surface area contributed by atoms with Crippen molar-refractivity contribution < 1.29 is 4.79 Å². The molecule has 0 saturated carbocycles. The second kappa shape index (κ2) is 6.29. The van der Waals surface area contributed by atoms with E-state index in [4.69, 9.17) is 4.98 Å². The van der Waals surface area contributed by atoms with E-state index < -0.39 is 0 Å². The fraction of sp³-hybridized carbons (Fsp3) is 0.0526. The first-order chi connectivity index (χ1) is 12.7. The molecular formula is C19H15N5O2. The SMILES string of the molecule is Cn1c(NNC=O)nc2c(-c3ccccc3)nc3ccccc3c2c1=O. The molecule has 0 aliphatic carbocycles. The number of anilines is 1. The summed E-state index contributed by atoms with van der Waals surface area (Å²) in [5.74, 6) is 0.226. The molecule has 0 atom stereocenters. The van der Waals surface area contributed by atoms with Crippen LogP contribution in [0.1, 0.15) is 0 Å². The van der Waals surface area contributed by atoms with E-state index in [1.54, 1.807) is 7.05 Å². The van der Waals surface area contributed by atoms with Gasteiger partial charge in [-0.25, -0.2) is 9.97 Å². The van der Waals surface area contributed by atoms with E-state index >= 15 is 0 Å². The number of para-hydroxylation sites is 1. The lowest BCUT2D eigenvalue weighted by Gasteiger charge is -2.14. The molecule has 0 radical (unpaired) electrons. The van der Waals surface area contributed by atoms with Crippen molar-refractivity contribution in [3.63, 3.8) is 0 Å². The normalized spacial score (nSPS) is 10.8. The molecule has 1 amide bonds. The molecule has 7 heteroatoms. The van der Waals surface area contributed by atoms with Crippen LogP contribution in [0.15, 0.2) is 59.4 Å². The molecule has 26 heavy (non-hydrogen) atoms. The monoisotopic (exact) mass is 345 g/mol. The number of nitrogens with zero attached hydrogens (tertiary/aromatic N) is 3. The van der Waals surface area contributed by atoms with Gasteiger partial charge in [-0.15, -0.1) is 0 Å². The van der Waals surface area contributed by atoms with E-state index in [9.17, 15) is 9.59 Å². The highest BCUT2D eigenvalue weighted by atomic mass is 16.1. The Balaban J connectivity index is 2.16. The van der Waals surface area contributed by atoms with Crippen LogP contribution in [-0.4, -0.2) is 20.9 Å². The van der Waals surface area contributed by atoms with Crippen molar-refractivity contribution in [2.45, 2.75) is 0 Å². The first-order valence-corrected chi connectivity index (χ1v) is 8.01. The lowest BCUT2D eigenvalue weighted by Crippen LogP contribution is -2.28. The van der Waals surface area contributed by atoms with Crippen LogP contribution in [0, 0.1) is 0 Å². The fourth-order valence-corrected chi connectivity index (χ4v) is 2.98. The molecule has 0 unspecified atom stereocenters. The van der Waals surface area contributed by atoms with E-state index in [0.29, 0.717) is 23.0 Å². The van der Waals surface area contributed by atoms with Gasteiger partial charge in [0, 0.05) is 18.0 Å². The maximum Gasteiger partial charge on any atom is 0.263 e. The molecule has 2 aromatic heterocycles. The summed E-state index contributed by atoms with van der Waals surface area (Å²) in [7, 11) is 1.60. The van der Waals surface area contributed by atoms with Gasteiger partial charge in [-0.1, -0.05) is 48.5 Å². The van der Waals surface area contributed by atoms with E-state index in [0.717, 1.165) is 16.5 Å². The summed E-state index contributed by atoms with van der Waals surface area (Å²) in [5, 5.41) is 1.23. The molecule has 0 aliphatic rings. The standard InChI is InChI=1S/C19H15N5O2/c1-24-18(26)15-13-9-5-6-10-14(13)21-16(12-7-3-2-4-8-12)17(15)22-19(24)23-20-11-25/h2-11H,1H3,(H,20,25)(H,22,23). The van der Waals surface area contributed by atoms with Crippen LogP contribution in [0.3, 0.4) is 0 Å². The van der Waals surface area contributed by atoms with Gasteiger partial charge in [-0.2, -0.15) is 0 Å². The van der Waals surface area contributed by atoms with Crippen molar-refractivity contribution in [2.75, 3.05) is 5.43 Å². The zero-order valence-electron chi connectivity index (χ0n) is 13.9. The molecule has 2 N–H and O–H groups in total. The second-order valence-corrected chi connectivity index (χ2v) is 5.75. The highest BCUT2D eigenvalue weighted by Gasteiger charge is 2.17. The molecule has 4 aromatic rings. The first-order valence-electron chi connectivity index (χ1n) is 8.01. The van der Waals surface area contributed by atoms with Gasteiger partial charge in [0.1, 0.15) is 5.52 Å². The van der Waals surface area contributed by atoms with Gasteiger partial charge in [0.15, 0.2) is 0 Å². The van der Waals surface area contributed by atoms with Gasteiger partial charge in [0.2, 0.25) is 12.4 Å². The van der Waals surface area contributed by atoms with E-state index in [2.05, 4.69) is 15.8 Å². The number of hydrazine groups is 1. The number of benzene rings is 2. The minimum Gasteiger partial charge on any atom is -0.280 e. The van der Waals surface area contributed by atoms with Crippen LogP contribution in [0.4, 0.5) is 5.95 Å². The van der Waals surface area contributed by atoms with Gasteiger partial charge in [-0.05, 0) is 6.07 Å². The van der Waals surface area contributed by atoms with Crippen LogP contribution in [-0.2, 0) is 11.8 Å². The largest absolute Gasteiger partial charge is 0.280 e. The molecule has 4 rings (SSSR count). The molecule has 0 saturated heterocycles. The minimum absolute atomic E-state index is 0.221. The Hall–Kier alpha value is -3.74. The van der Waals surface area contributed by atoms with Crippen LogP contribution < -0.4 is 16.4 Å². The topological polar surface area (TPSA) is 88.9 Å². The summed E-state index contributed by atoms with van der Waals surface area (Å²) in [6.45, 7) is 0. The highest BCUT2D eigenvalue weighted by Crippen LogP contribution is 2.29. The van der Waals surface area contributed by atoms with Crippen molar-refractivity contribution in [3.05, 3.63) is 65.0 Å². The number of carbonyl (C=O) groups excluding carboxylic acids is 1. The summed E-state index contributed by atoms with van der Waals surface area (Å²) in [6.07, 6.45) is 0.479. The number of hydrogen-bond acceptors (Lipinski definition) is 5. The molecule has 0 spiro atoms. The van der Waals surface area contributed by atoms with Crippen LogP contribution in [0.5, 0.6) is 0 Å². The molecule has 0 fully saturated rings. The first kappa shape index (κ1) is 15.8. The number of rotatable bonds is 4. The number of carbonyl (C=O) groups is 1. The Labute approximate surface area is 148 Å². The predicted octanol–water partition coefficient (Wildman–Crippen LogP) is 2.22. The number of pyridine rings is 1. The average Bonchev–Trinajstić information content (AvgIpc) is 2.69. The molecule has 0 aliphatic heterocycles. The van der Waals surface area contributed by atoms with Crippen molar-refractivity contribution >= 4 is 34.2 Å². The predicted molar refractivity (Wildman–Crippen MR) is 101 cm³/mol. The zero-order chi connectivity index (χ0) is 18.1. The van der Waals surface area contributed by atoms with Gasteiger partial charge in [0.25, 0.3) is 5.56 Å². The Morgan fingerprint density at radius 2 is 1.73 bits per heavy atom. The smallest absolute Gasteiger partial charge is 0.263 e. The molecule has 128 valence electrons. The Morgan fingerprint density at radius 3 is 2.50 bits per heavy atom. The van der Waals surface area contributed by atoms with Crippen molar-refractivity contribution in [2.24, 2.45) is 7.05 Å². The third kappa shape index (κ3) is 2.46. The summed E-state index contributed by atoms with van der Waals surface area (Å²) in [6, 6.07) is 17.1. The third-order valence-corrected chi connectivity index (χ3v) is 4.21. The Kier molecular flexibility index (Phi) is 3.81. The molecule has 2 heterocycles. The second-order valence-electron chi connectivity index (χ2n) is 5.75. The maximum absolute atomic E-state index is 13.0. The van der Waals surface area contributed by atoms with E-state index in [1.165, 1.54) is 4.57 Å². The van der Waals surface area contributed by atoms with Crippen molar-refractivity contribution in [3.8, 4) is 11.3 Å². The number of hydrogen-bond donors (Lipinski definition) is 2. The molecule has 0 bridgehead atoms. The molecule has 7 nitrogen and oxygen atoms in total. The summed E-state index contributed by atoms with van der Waals surface area (Å²) in [4.78, 5) is 33.0. The summed E-state index contributed by atoms with van der Waals surface area (Å²) in [5.41, 5.74) is 7.41. The number of fused-ring (bicyclic) bond motifs is 3.